The monoisotopic (exact) mass is 204 g/mol. The SMILES string of the molecule is N#Cc1ccc2c(c1)OC[C@H]2NC(=O)O. The first-order chi connectivity index (χ1) is 7.20. The van der Waals surface area contributed by atoms with E-state index in [0.29, 0.717) is 11.3 Å². The van der Waals surface area contributed by atoms with Crippen molar-refractivity contribution >= 4 is 6.09 Å². The van der Waals surface area contributed by atoms with Crippen LogP contribution in [0.5, 0.6) is 5.75 Å². The Labute approximate surface area is 85.9 Å². The fraction of sp³-hybridized carbons (Fsp3) is 0.200. The molecule has 76 valence electrons. The van der Waals surface area contributed by atoms with Gasteiger partial charge in [-0.05, 0) is 12.1 Å². The van der Waals surface area contributed by atoms with E-state index in [0.717, 1.165) is 5.56 Å². The second kappa shape index (κ2) is 3.50. The first-order valence-corrected chi connectivity index (χ1v) is 4.37. The highest BCUT2D eigenvalue weighted by molar-refractivity contribution is 5.66. The summed E-state index contributed by atoms with van der Waals surface area (Å²) in [5.41, 5.74) is 1.28. The molecule has 1 atom stereocenters. The number of benzene rings is 1. The number of carbonyl (C=O) groups is 1. The van der Waals surface area contributed by atoms with Crippen LogP contribution in [0.2, 0.25) is 0 Å². The van der Waals surface area contributed by atoms with Crippen LogP contribution in [0.1, 0.15) is 17.2 Å². The lowest BCUT2D eigenvalue weighted by Gasteiger charge is -2.07. The van der Waals surface area contributed by atoms with E-state index in [1.165, 1.54) is 0 Å². The quantitative estimate of drug-likeness (QED) is 0.721. The van der Waals surface area contributed by atoms with E-state index in [4.69, 9.17) is 15.1 Å². The third kappa shape index (κ3) is 1.70. The van der Waals surface area contributed by atoms with Gasteiger partial charge in [0.15, 0.2) is 0 Å². The van der Waals surface area contributed by atoms with Gasteiger partial charge in [-0.2, -0.15) is 5.26 Å². The number of nitriles is 1. The van der Waals surface area contributed by atoms with Crippen molar-refractivity contribution in [1.29, 1.82) is 5.26 Å². The molecule has 1 aromatic rings. The lowest BCUT2D eigenvalue weighted by Crippen LogP contribution is -2.27. The smallest absolute Gasteiger partial charge is 0.405 e. The molecule has 15 heavy (non-hydrogen) atoms. The number of hydrogen-bond donors (Lipinski definition) is 2. The van der Waals surface area contributed by atoms with E-state index in [9.17, 15) is 4.79 Å². The molecule has 1 amide bonds. The second-order valence-corrected chi connectivity index (χ2v) is 3.18. The van der Waals surface area contributed by atoms with E-state index in [-0.39, 0.29) is 12.6 Å². The lowest BCUT2D eigenvalue weighted by molar-refractivity contribution is 0.186. The molecule has 0 spiro atoms. The Bertz CT molecular complexity index is 450. The molecule has 1 aliphatic rings. The predicted molar refractivity (Wildman–Crippen MR) is 50.6 cm³/mol. The van der Waals surface area contributed by atoms with E-state index >= 15 is 0 Å². The standard InChI is InChI=1S/C10H8N2O3/c11-4-6-1-2-7-8(12-10(13)14)5-15-9(7)3-6/h1-3,8,12H,5H2,(H,13,14)/t8-/m1/s1. The summed E-state index contributed by atoms with van der Waals surface area (Å²) in [4.78, 5) is 10.5. The molecule has 0 unspecified atom stereocenters. The summed E-state index contributed by atoms with van der Waals surface area (Å²) in [6.45, 7) is 0.274. The lowest BCUT2D eigenvalue weighted by atomic mass is 10.1. The van der Waals surface area contributed by atoms with Crippen molar-refractivity contribution in [1.82, 2.24) is 5.32 Å². The predicted octanol–water partition coefficient (Wildman–Crippen LogP) is 1.26. The largest absolute Gasteiger partial charge is 0.491 e. The van der Waals surface area contributed by atoms with Crippen molar-refractivity contribution in [3.63, 3.8) is 0 Å². The number of nitrogens with zero attached hydrogens (tertiary/aromatic N) is 1. The maximum absolute atomic E-state index is 10.5. The van der Waals surface area contributed by atoms with Crippen molar-refractivity contribution in [2.24, 2.45) is 0 Å². The molecule has 1 aliphatic heterocycles. The fourth-order valence-corrected chi connectivity index (χ4v) is 1.55. The van der Waals surface area contributed by atoms with Crippen LogP contribution in [0.15, 0.2) is 18.2 Å². The molecule has 0 saturated heterocycles. The van der Waals surface area contributed by atoms with Gasteiger partial charge in [0.05, 0.1) is 17.7 Å². The van der Waals surface area contributed by atoms with Gasteiger partial charge < -0.3 is 15.2 Å². The van der Waals surface area contributed by atoms with Gasteiger partial charge in [-0.1, -0.05) is 6.07 Å². The van der Waals surface area contributed by atoms with E-state index in [1.807, 2.05) is 6.07 Å². The van der Waals surface area contributed by atoms with Crippen LogP contribution in [-0.2, 0) is 0 Å². The zero-order chi connectivity index (χ0) is 10.8. The van der Waals surface area contributed by atoms with Crippen LogP contribution < -0.4 is 10.1 Å². The minimum Gasteiger partial charge on any atom is -0.491 e. The Morgan fingerprint density at radius 2 is 2.47 bits per heavy atom. The number of fused-ring (bicyclic) bond motifs is 1. The van der Waals surface area contributed by atoms with Crippen molar-refractivity contribution in [2.45, 2.75) is 6.04 Å². The summed E-state index contributed by atoms with van der Waals surface area (Å²) >= 11 is 0. The van der Waals surface area contributed by atoms with E-state index < -0.39 is 6.09 Å². The van der Waals surface area contributed by atoms with Crippen LogP contribution in [0.4, 0.5) is 4.79 Å². The summed E-state index contributed by atoms with van der Waals surface area (Å²) in [5.74, 6) is 0.577. The van der Waals surface area contributed by atoms with Crippen molar-refractivity contribution in [2.75, 3.05) is 6.61 Å². The molecule has 1 heterocycles. The Kier molecular flexibility index (Phi) is 2.18. The third-order valence-electron chi connectivity index (χ3n) is 2.22. The van der Waals surface area contributed by atoms with Gasteiger partial charge >= 0.3 is 6.09 Å². The summed E-state index contributed by atoms with van der Waals surface area (Å²) in [5, 5.41) is 19.6. The topological polar surface area (TPSA) is 82.3 Å². The number of ether oxygens (including phenoxy) is 1. The molecule has 0 saturated carbocycles. The van der Waals surface area contributed by atoms with Crippen LogP contribution in [0.25, 0.3) is 0 Å². The van der Waals surface area contributed by atoms with Crippen LogP contribution in [-0.4, -0.2) is 17.8 Å². The van der Waals surface area contributed by atoms with E-state index in [1.54, 1.807) is 18.2 Å². The second-order valence-electron chi connectivity index (χ2n) is 3.18. The molecule has 2 rings (SSSR count). The van der Waals surface area contributed by atoms with Crippen molar-refractivity contribution in [3.05, 3.63) is 29.3 Å². The summed E-state index contributed by atoms with van der Waals surface area (Å²) in [7, 11) is 0. The van der Waals surface area contributed by atoms with Crippen molar-refractivity contribution < 1.29 is 14.6 Å². The van der Waals surface area contributed by atoms with Gasteiger partial charge in [0.2, 0.25) is 0 Å². The number of hydrogen-bond acceptors (Lipinski definition) is 3. The van der Waals surface area contributed by atoms with Gasteiger partial charge in [0.1, 0.15) is 12.4 Å². The summed E-state index contributed by atoms with van der Waals surface area (Å²) in [6, 6.07) is 6.62. The van der Waals surface area contributed by atoms with Gasteiger partial charge in [0, 0.05) is 5.56 Å². The zero-order valence-corrected chi connectivity index (χ0v) is 7.73. The van der Waals surface area contributed by atoms with Gasteiger partial charge in [-0.15, -0.1) is 0 Å². The maximum atomic E-state index is 10.5. The molecule has 0 bridgehead atoms. The molecule has 0 fully saturated rings. The van der Waals surface area contributed by atoms with Crippen molar-refractivity contribution in [3.8, 4) is 11.8 Å². The molecular formula is C10H8N2O3. The Hall–Kier alpha value is -2.22. The number of carboxylic acid groups (broad SMARTS) is 1. The summed E-state index contributed by atoms with van der Waals surface area (Å²) in [6.07, 6.45) is -1.08. The molecule has 1 aromatic carbocycles. The molecule has 0 aromatic heterocycles. The van der Waals surface area contributed by atoms with Crippen LogP contribution in [0.3, 0.4) is 0 Å². The minimum atomic E-state index is -1.08. The third-order valence-corrected chi connectivity index (χ3v) is 2.22. The maximum Gasteiger partial charge on any atom is 0.405 e. The highest BCUT2D eigenvalue weighted by Crippen LogP contribution is 2.32. The molecule has 5 nitrogen and oxygen atoms in total. The molecule has 2 N–H and O–H groups in total. The van der Waals surface area contributed by atoms with Gasteiger partial charge in [-0.25, -0.2) is 4.79 Å². The molecule has 0 radical (unpaired) electrons. The highest BCUT2D eigenvalue weighted by atomic mass is 16.5. The number of amides is 1. The normalized spacial score (nSPS) is 17.4. The minimum absolute atomic E-state index is 0.274. The van der Waals surface area contributed by atoms with Crippen LogP contribution >= 0.6 is 0 Å². The average molecular weight is 204 g/mol. The first-order valence-electron chi connectivity index (χ1n) is 4.37. The molecule has 0 aliphatic carbocycles. The zero-order valence-electron chi connectivity index (χ0n) is 7.73. The number of rotatable bonds is 1. The van der Waals surface area contributed by atoms with Gasteiger partial charge in [0.25, 0.3) is 0 Å². The number of nitrogens with one attached hydrogen (secondary N) is 1. The van der Waals surface area contributed by atoms with Gasteiger partial charge in [-0.3, -0.25) is 0 Å². The van der Waals surface area contributed by atoms with E-state index in [2.05, 4.69) is 5.32 Å². The first kappa shape index (κ1) is 9.34. The fourth-order valence-electron chi connectivity index (χ4n) is 1.55. The Morgan fingerprint density at radius 3 is 3.13 bits per heavy atom. The molecule has 5 heteroatoms. The molecular weight excluding hydrogens is 196 g/mol. The highest BCUT2D eigenvalue weighted by Gasteiger charge is 2.25. The van der Waals surface area contributed by atoms with Crippen LogP contribution in [0, 0.1) is 11.3 Å². The summed E-state index contributed by atoms with van der Waals surface area (Å²) < 4.78 is 5.28. The Balaban J connectivity index is 2.29. The Morgan fingerprint density at radius 1 is 1.67 bits per heavy atom. The average Bonchev–Trinajstić information content (AvgIpc) is 2.60.